The number of benzene rings is 2. The van der Waals surface area contributed by atoms with E-state index in [1.165, 1.54) is 35.1 Å². The predicted octanol–water partition coefficient (Wildman–Crippen LogP) is 4.41. The molecule has 9 heteroatoms. The predicted molar refractivity (Wildman–Crippen MR) is 86.5 cm³/mol. The number of aromatic nitrogens is 3. The maximum Gasteiger partial charge on any atom is 0.416 e. The molecule has 0 radical (unpaired) electrons. The van der Waals surface area contributed by atoms with E-state index < -0.39 is 17.7 Å². The van der Waals surface area contributed by atoms with Crippen LogP contribution in [0.3, 0.4) is 0 Å². The van der Waals surface area contributed by atoms with Gasteiger partial charge < -0.3 is 5.11 Å². The van der Waals surface area contributed by atoms with Crippen LogP contribution < -0.4 is 0 Å². The van der Waals surface area contributed by atoms with Gasteiger partial charge in [-0.2, -0.15) is 13.2 Å². The highest BCUT2D eigenvalue weighted by atomic mass is 79.9. The van der Waals surface area contributed by atoms with E-state index in [9.17, 15) is 18.0 Å². The third-order valence-electron chi connectivity index (χ3n) is 3.40. The first-order chi connectivity index (χ1) is 11.7. The SMILES string of the molecule is O=C(O)c1cc(Br)cc(-n2cc(-c3ccc(C(F)(F)F)cc3)nn2)c1. The number of hydrogen-bond acceptors (Lipinski definition) is 3. The van der Waals surface area contributed by atoms with Gasteiger partial charge >= 0.3 is 12.1 Å². The van der Waals surface area contributed by atoms with Crippen molar-refractivity contribution in [2.75, 3.05) is 0 Å². The van der Waals surface area contributed by atoms with Gasteiger partial charge in [0, 0.05) is 10.0 Å². The van der Waals surface area contributed by atoms with Crippen LogP contribution in [0.1, 0.15) is 15.9 Å². The maximum absolute atomic E-state index is 12.6. The summed E-state index contributed by atoms with van der Waals surface area (Å²) in [5, 5.41) is 16.9. The van der Waals surface area contributed by atoms with Gasteiger partial charge in [0.2, 0.25) is 0 Å². The van der Waals surface area contributed by atoms with Gasteiger partial charge in [0.15, 0.2) is 0 Å². The number of aromatic carboxylic acids is 1. The molecule has 5 nitrogen and oxygen atoms in total. The lowest BCUT2D eigenvalue weighted by Crippen LogP contribution is -2.03. The summed E-state index contributed by atoms with van der Waals surface area (Å²) >= 11 is 3.23. The van der Waals surface area contributed by atoms with Crippen LogP contribution >= 0.6 is 15.9 Å². The number of carboxylic acids is 1. The Kier molecular flexibility index (Phi) is 4.34. The molecule has 0 unspecified atom stereocenters. The Morgan fingerprint density at radius 3 is 2.40 bits per heavy atom. The van der Waals surface area contributed by atoms with Crippen LogP contribution in [0.5, 0.6) is 0 Å². The zero-order valence-corrected chi connectivity index (χ0v) is 13.9. The molecular weight excluding hydrogens is 403 g/mol. The second-order valence-corrected chi connectivity index (χ2v) is 6.04. The summed E-state index contributed by atoms with van der Waals surface area (Å²) in [5.74, 6) is -1.09. The number of carboxylic acid groups (broad SMARTS) is 1. The molecule has 0 aliphatic carbocycles. The summed E-state index contributed by atoms with van der Waals surface area (Å²) in [6, 6.07) is 9.06. The quantitative estimate of drug-likeness (QED) is 0.692. The monoisotopic (exact) mass is 411 g/mol. The Hall–Kier alpha value is -2.68. The van der Waals surface area contributed by atoms with Gasteiger partial charge in [-0.15, -0.1) is 5.10 Å². The molecule has 0 saturated heterocycles. The lowest BCUT2D eigenvalue weighted by molar-refractivity contribution is -0.137. The fourth-order valence-electron chi connectivity index (χ4n) is 2.18. The van der Waals surface area contributed by atoms with Crippen molar-refractivity contribution in [3.63, 3.8) is 0 Å². The maximum atomic E-state index is 12.6. The van der Waals surface area contributed by atoms with Crippen LogP contribution in [0.2, 0.25) is 0 Å². The van der Waals surface area contributed by atoms with E-state index in [1.54, 1.807) is 6.07 Å². The van der Waals surface area contributed by atoms with E-state index in [4.69, 9.17) is 5.11 Å². The molecule has 1 aromatic heterocycles. The zero-order valence-electron chi connectivity index (χ0n) is 12.3. The van der Waals surface area contributed by atoms with E-state index in [0.29, 0.717) is 21.4 Å². The lowest BCUT2D eigenvalue weighted by Gasteiger charge is -2.06. The molecule has 0 aliphatic rings. The Balaban J connectivity index is 1.94. The lowest BCUT2D eigenvalue weighted by atomic mass is 10.1. The van der Waals surface area contributed by atoms with Crippen LogP contribution in [0.15, 0.2) is 53.1 Å². The summed E-state index contributed by atoms with van der Waals surface area (Å²) in [6.07, 6.45) is -2.89. The molecule has 0 saturated carbocycles. The average molecular weight is 412 g/mol. The van der Waals surface area contributed by atoms with Crippen molar-refractivity contribution in [2.45, 2.75) is 6.18 Å². The van der Waals surface area contributed by atoms with Crippen molar-refractivity contribution < 1.29 is 23.1 Å². The van der Waals surface area contributed by atoms with Gasteiger partial charge in [-0.05, 0) is 30.3 Å². The smallest absolute Gasteiger partial charge is 0.416 e. The fraction of sp³-hybridized carbons (Fsp3) is 0.0625. The first kappa shape index (κ1) is 17.2. The molecule has 0 spiro atoms. The molecule has 1 heterocycles. The molecule has 3 aromatic rings. The Labute approximate surface area is 147 Å². The second-order valence-electron chi connectivity index (χ2n) is 5.13. The summed E-state index contributed by atoms with van der Waals surface area (Å²) in [6.45, 7) is 0. The summed E-state index contributed by atoms with van der Waals surface area (Å²) in [5.41, 5.74) is 0.605. The number of nitrogens with zero attached hydrogens (tertiary/aromatic N) is 3. The molecule has 25 heavy (non-hydrogen) atoms. The molecular formula is C16H9BrF3N3O2. The molecule has 0 aliphatic heterocycles. The molecule has 128 valence electrons. The van der Waals surface area contributed by atoms with E-state index in [0.717, 1.165) is 12.1 Å². The van der Waals surface area contributed by atoms with E-state index in [1.807, 2.05) is 0 Å². The van der Waals surface area contributed by atoms with Crippen LogP contribution in [0.4, 0.5) is 13.2 Å². The Bertz CT molecular complexity index is 937. The van der Waals surface area contributed by atoms with Crippen molar-refractivity contribution in [1.29, 1.82) is 0 Å². The molecule has 0 atom stereocenters. The van der Waals surface area contributed by atoms with Gasteiger partial charge in [-0.25, -0.2) is 9.48 Å². The number of rotatable bonds is 3. The molecule has 3 rings (SSSR count). The first-order valence-electron chi connectivity index (χ1n) is 6.88. The minimum Gasteiger partial charge on any atom is -0.478 e. The first-order valence-corrected chi connectivity index (χ1v) is 7.67. The molecule has 0 fully saturated rings. The van der Waals surface area contributed by atoms with Crippen molar-refractivity contribution in [3.8, 4) is 16.9 Å². The van der Waals surface area contributed by atoms with Gasteiger partial charge in [0.25, 0.3) is 0 Å². The normalized spacial score (nSPS) is 11.5. The highest BCUT2D eigenvalue weighted by Gasteiger charge is 2.30. The molecule has 0 bridgehead atoms. The average Bonchev–Trinajstić information content (AvgIpc) is 3.03. The largest absolute Gasteiger partial charge is 0.478 e. The minimum atomic E-state index is -4.40. The summed E-state index contributed by atoms with van der Waals surface area (Å²) < 4.78 is 39.7. The molecule has 2 aromatic carbocycles. The standard InChI is InChI=1S/C16H9BrF3N3O2/c17-12-5-10(15(24)25)6-13(7-12)23-8-14(21-22-23)9-1-3-11(4-2-9)16(18,19)20/h1-8H,(H,24,25). The molecule has 1 N–H and O–H groups in total. The highest BCUT2D eigenvalue weighted by molar-refractivity contribution is 9.10. The minimum absolute atomic E-state index is 0.0657. The third kappa shape index (κ3) is 3.71. The summed E-state index contributed by atoms with van der Waals surface area (Å²) in [4.78, 5) is 11.1. The Morgan fingerprint density at radius 2 is 1.80 bits per heavy atom. The number of hydrogen-bond donors (Lipinski definition) is 1. The number of alkyl halides is 3. The van der Waals surface area contributed by atoms with Crippen LogP contribution in [-0.2, 0) is 6.18 Å². The van der Waals surface area contributed by atoms with Crippen molar-refractivity contribution in [1.82, 2.24) is 15.0 Å². The summed E-state index contributed by atoms with van der Waals surface area (Å²) in [7, 11) is 0. The highest BCUT2D eigenvalue weighted by Crippen LogP contribution is 2.30. The van der Waals surface area contributed by atoms with Gasteiger partial charge in [-0.1, -0.05) is 33.3 Å². The van der Waals surface area contributed by atoms with Crippen molar-refractivity contribution >= 4 is 21.9 Å². The van der Waals surface area contributed by atoms with Gasteiger partial charge in [0.05, 0.1) is 23.0 Å². The van der Waals surface area contributed by atoms with E-state index >= 15 is 0 Å². The van der Waals surface area contributed by atoms with Crippen LogP contribution in [0.25, 0.3) is 16.9 Å². The topological polar surface area (TPSA) is 68.0 Å². The van der Waals surface area contributed by atoms with E-state index in [2.05, 4.69) is 26.2 Å². The number of carbonyl (C=O) groups is 1. The van der Waals surface area contributed by atoms with Crippen molar-refractivity contribution in [2.24, 2.45) is 0 Å². The zero-order chi connectivity index (χ0) is 18.2. The van der Waals surface area contributed by atoms with Crippen LogP contribution in [0, 0.1) is 0 Å². The van der Waals surface area contributed by atoms with Gasteiger partial charge in [-0.3, -0.25) is 0 Å². The number of halogens is 4. The van der Waals surface area contributed by atoms with E-state index in [-0.39, 0.29) is 5.56 Å². The third-order valence-corrected chi connectivity index (χ3v) is 3.85. The van der Waals surface area contributed by atoms with Gasteiger partial charge in [0.1, 0.15) is 5.69 Å². The molecule has 0 amide bonds. The Morgan fingerprint density at radius 1 is 1.12 bits per heavy atom. The van der Waals surface area contributed by atoms with Crippen molar-refractivity contribution in [3.05, 3.63) is 64.3 Å². The van der Waals surface area contributed by atoms with Crippen LogP contribution in [-0.4, -0.2) is 26.1 Å². The second kappa shape index (κ2) is 6.32. The fourth-order valence-corrected chi connectivity index (χ4v) is 2.66.